The lowest BCUT2D eigenvalue weighted by molar-refractivity contribution is 0.191. The molecule has 1 saturated carbocycles. The van der Waals surface area contributed by atoms with Crippen molar-refractivity contribution in [3.8, 4) is 0 Å². The van der Waals surface area contributed by atoms with Crippen molar-refractivity contribution in [1.82, 2.24) is 15.5 Å². The zero-order valence-corrected chi connectivity index (χ0v) is 10.1. The van der Waals surface area contributed by atoms with E-state index in [0.29, 0.717) is 24.8 Å². The lowest BCUT2D eigenvalue weighted by atomic mass is 10.1. The molecule has 2 fully saturated rings. The van der Waals surface area contributed by atoms with Gasteiger partial charge in [0.05, 0.1) is 12.1 Å². The van der Waals surface area contributed by atoms with Gasteiger partial charge in [-0.05, 0) is 31.6 Å². The first kappa shape index (κ1) is 11.2. The van der Waals surface area contributed by atoms with Crippen LogP contribution in [-0.2, 0) is 0 Å². The van der Waals surface area contributed by atoms with E-state index in [9.17, 15) is 5.11 Å². The van der Waals surface area contributed by atoms with Gasteiger partial charge in [0.25, 0.3) is 0 Å². The van der Waals surface area contributed by atoms with Crippen molar-refractivity contribution in [2.24, 2.45) is 5.92 Å². The van der Waals surface area contributed by atoms with Crippen LogP contribution in [0, 0.1) is 5.92 Å². The number of nitrogens with one attached hydrogen (secondary N) is 1. The highest BCUT2D eigenvalue weighted by Crippen LogP contribution is 2.37. The van der Waals surface area contributed by atoms with Crippen molar-refractivity contribution in [2.45, 2.75) is 50.7 Å². The minimum Gasteiger partial charge on any atom is -0.392 e. The van der Waals surface area contributed by atoms with Crippen LogP contribution in [0.2, 0.25) is 0 Å². The largest absolute Gasteiger partial charge is 0.392 e. The van der Waals surface area contributed by atoms with Gasteiger partial charge in [-0.1, -0.05) is 12.1 Å². The van der Waals surface area contributed by atoms with Crippen molar-refractivity contribution in [1.29, 1.82) is 0 Å². The number of nitrogens with zero attached hydrogens (tertiary/aromatic N) is 2. The molecule has 1 saturated heterocycles. The average molecular weight is 237 g/mol. The Balaban J connectivity index is 1.70. The van der Waals surface area contributed by atoms with Gasteiger partial charge in [-0.2, -0.15) is 4.98 Å². The highest BCUT2D eigenvalue weighted by molar-refractivity contribution is 5.03. The van der Waals surface area contributed by atoms with Crippen molar-refractivity contribution >= 4 is 0 Å². The summed E-state index contributed by atoms with van der Waals surface area (Å²) in [6.07, 6.45) is 3.97. The third-order valence-electron chi connectivity index (χ3n) is 3.92. The molecule has 3 rings (SSSR count). The summed E-state index contributed by atoms with van der Waals surface area (Å²) in [7, 11) is 0. The molecule has 1 aliphatic carbocycles. The first-order chi connectivity index (χ1) is 8.22. The molecule has 17 heavy (non-hydrogen) atoms. The van der Waals surface area contributed by atoms with E-state index in [1.54, 1.807) is 0 Å². The van der Waals surface area contributed by atoms with Crippen molar-refractivity contribution in [3.05, 3.63) is 11.7 Å². The maximum atomic E-state index is 9.46. The van der Waals surface area contributed by atoms with E-state index in [-0.39, 0.29) is 12.1 Å². The molecule has 2 aliphatic rings. The zero-order chi connectivity index (χ0) is 11.8. The van der Waals surface area contributed by atoms with E-state index in [1.807, 2.05) is 0 Å². The number of hydrogen-bond acceptors (Lipinski definition) is 5. The second-order valence-corrected chi connectivity index (χ2v) is 5.46. The normalized spacial score (nSPS) is 37.8. The molecule has 2 N–H and O–H groups in total. The lowest BCUT2D eigenvalue weighted by Crippen LogP contribution is -2.15. The molecule has 0 aromatic carbocycles. The van der Waals surface area contributed by atoms with Crippen LogP contribution in [0.1, 0.15) is 56.3 Å². The lowest BCUT2D eigenvalue weighted by Gasteiger charge is -2.03. The molecule has 0 spiro atoms. The van der Waals surface area contributed by atoms with Gasteiger partial charge in [-0.25, -0.2) is 0 Å². The third kappa shape index (κ3) is 2.21. The number of β-amino-alcohol motifs (C(OH)–C–C–N with tert-alkyl or cyclic N) is 1. The molecule has 5 nitrogen and oxygen atoms in total. The summed E-state index contributed by atoms with van der Waals surface area (Å²) < 4.78 is 5.31. The first-order valence-corrected chi connectivity index (χ1v) is 6.47. The summed E-state index contributed by atoms with van der Waals surface area (Å²) in [6.45, 7) is 2.89. The minimum absolute atomic E-state index is 0.0325. The van der Waals surface area contributed by atoms with E-state index >= 15 is 0 Å². The van der Waals surface area contributed by atoms with Crippen LogP contribution < -0.4 is 5.32 Å². The number of rotatable bonds is 2. The second kappa shape index (κ2) is 4.38. The van der Waals surface area contributed by atoms with Crippen LogP contribution in [0.5, 0.6) is 0 Å². The van der Waals surface area contributed by atoms with Gasteiger partial charge in [-0.3, -0.25) is 0 Å². The predicted octanol–water partition coefficient (Wildman–Crippen LogP) is 1.37. The first-order valence-electron chi connectivity index (χ1n) is 6.47. The van der Waals surface area contributed by atoms with Crippen LogP contribution in [0.25, 0.3) is 0 Å². The van der Waals surface area contributed by atoms with Gasteiger partial charge in [-0.15, -0.1) is 0 Å². The summed E-state index contributed by atoms with van der Waals surface area (Å²) in [5.41, 5.74) is 0. The Morgan fingerprint density at radius 2 is 2.24 bits per heavy atom. The molecule has 2 heterocycles. The Morgan fingerprint density at radius 1 is 1.35 bits per heavy atom. The minimum atomic E-state index is -0.290. The van der Waals surface area contributed by atoms with Crippen LogP contribution in [0.3, 0.4) is 0 Å². The van der Waals surface area contributed by atoms with Gasteiger partial charge in [0.2, 0.25) is 5.89 Å². The maximum Gasteiger partial charge on any atom is 0.243 e. The summed E-state index contributed by atoms with van der Waals surface area (Å²) in [5, 5.41) is 16.7. The SMILES string of the molecule is CC1CCC(c2noc([C@H]3C[C@H](O)CN3)n2)C1. The molecule has 0 radical (unpaired) electrons. The fourth-order valence-corrected chi connectivity index (χ4v) is 2.90. The van der Waals surface area contributed by atoms with E-state index in [1.165, 1.54) is 19.3 Å². The Morgan fingerprint density at radius 3 is 2.88 bits per heavy atom. The number of aliphatic hydroxyl groups excluding tert-OH is 1. The molecule has 1 aromatic rings. The fourth-order valence-electron chi connectivity index (χ4n) is 2.90. The number of hydrogen-bond donors (Lipinski definition) is 2. The van der Waals surface area contributed by atoms with Crippen LogP contribution in [-0.4, -0.2) is 27.9 Å². The molecule has 2 unspecified atom stereocenters. The molecular formula is C12H19N3O2. The quantitative estimate of drug-likeness (QED) is 0.813. The van der Waals surface area contributed by atoms with Crippen molar-refractivity contribution in [2.75, 3.05) is 6.54 Å². The molecule has 94 valence electrons. The fraction of sp³-hybridized carbons (Fsp3) is 0.833. The Labute approximate surface area is 101 Å². The van der Waals surface area contributed by atoms with Crippen molar-refractivity contribution in [3.63, 3.8) is 0 Å². The van der Waals surface area contributed by atoms with E-state index in [4.69, 9.17) is 4.52 Å². The molecule has 0 bridgehead atoms. The Kier molecular flexibility index (Phi) is 2.88. The summed E-state index contributed by atoms with van der Waals surface area (Å²) in [6, 6.07) is 0.0325. The van der Waals surface area contributed by atoms with Crippen LogP contribution >= 0.6 is 0 Å². The van der Waals surface area contributed by atoms with Gasteiger partial charge in [0, 0.05) is 12.5 Å². The van der Waals surface area contributed by atoms with Crippen LogP contribution in [0.15, 0.2) is 4.52 Å². The topological polar surface area (TPSA) is 71.2 Å². The highest BCUT2D eigenvalue weighted by Gasteiger charge is 2.31. The molecule has 1 aromatic heterocycles. The Bertz CT molecular complexity index is 358. The summed E-state index contributed by atoms with van der Waals surface area (Å²) in [5.74, 6) is 2.73. The van der Waals surface area contributed by atoms with Gasteiger partial charge < -0.3 is 14.9 Å². The second-order valence-electron chi connectivity index (χ2n) is 5.46. The smallest absolute Gasteiger partial charge is 0.243 e. The van der Waals surface area contributed by atoms with E-state index < -0.39 is 0 Å². The maximum absolute atomic E-state index is 9.46. The predicted molar refractivity (Wildman–Crippen MR) is 61.4 cm³/mol. The monoisotopic (exact) mass is 237 g/mol. The van der Waals surface area contributed by atoms with E-state index in [0.717, 1.165) is 11.7 Å². The molecule has 0 amide bonds. The summed E-state index contributed by atoms with van der Waals surface area (Å²) in [4.78, 5) is 4.49. The van der Waals surface area contributed by atoms with Crippen molar-refractivity contribution < 1.29 is 9.63 Å². The molecule has 1 aliphatic heterocycles. The Hall–Kier alpha value is -0.940. The molecule has 4 atom stereocenters. The van der Waals surface area contributed by atoms with E-state index in [2.05, 4.69) is 22.4 Å². The number of aromatic nitrogens is 2. The zero-order valence-electron chi connectivity index (χ0n) is 10.1. The third-order valence-corrected chi connectivity index (χ3v) is 3.92. The highest BCUT2D eigenvalue weighted by atomic mass is 16.5. The molecular weight excluding hydrogens is 218 g/mol. The van der Waals surface area contributed by atoms with Gasteiger partial charge in [0.1, 0.15) is 0 Å². The standard InChI is InChI=1S/C12H19N3O2/c1-7-2-3-8(4-7)11-14-12(17-15-11)10-5-9(16)6-13-10/h7-10,13,16H,2-6H2,1H3/t7?,8?,9-,10+/m0/s1. The van der Waals surface area contributed by atoms with Gasteiger partial charge in [0.15, 0.2) is 5.82 Å². The number of aliphatic hydroxyl groups is 1. The summed E-state index contributed by atoms with van der Waals surface area (Å²) >= 11 is 0. The molecule has 5 heteroatoms. The van der Waals surface area contributed by atoms with Gasteiger partial charge >= 0.3 is 0 Å². The average Bonchev–Trinajstić information content (AvgIpc) is 2.96. The van der Waals surface area contributed by atoms with Crippen LogP contribution in [0.4, 0.5) is 0 Å².